The Morgan fingerprint density at radius 2 is 2.00 bits per heavy atom. The van der Waals surface area contributed by atoms with Crippen molar-refractivity contribution in [2.24, 2.45) is 0 Å². The smallest absolute Gasteiger partial charge is 0.272 e. The number of H-pyrrole nitrogens is 1. The first-order valence-electron chi connectivity index (χ1n) is 11.3. The van der Waals surface area contributed by atoms with Crippen LogP contribution in [-0.4, -0.2) is 53.7 Å². The van der Waals surface area contributed by atoms with Crippen molar-refractivity contribution in [2.45, 2.75) is 19.5 Å². The minimum absolute atomic E-state index is 0.0363. The maximum Gasteiger partial charge on any atom is 0.272 e. The van der Waals surface area contributed by atoms with Crippen molar-refractivity contribution >= 4 is 33.4 Å². The maximum atomic E-state index is 14.7. The van der Waals surface area contributed by atoms with Gasteiger partial charge in [0.15, 0.2) is 0 Å². The number of carbonyl (C=O) groups is 1. The molecule has 2 N–H and O–H groups in total. The molecule has 2 aromatic carbocycles. The summed E-state index contributed by atoms with van der Waals surface area (Å²) in [4.78, 5) is 35.6. The van der Waals surface area contributed by atoms with Crippen LogP contribution in [0, 0.1) is 5.82 Å². The van der Waals surface area contributed by atoms with Crippen LogP contribution in [0.2, 0.25) is 0 Å². The molecule has 1 aliphatic heterocycles. The maximum absolute atomic E-state index is 14.7. The lowest BCUT2D eigenvalue weighted by atomic mass is 10.0. The Bertz CT molecular complexity index is 1560. The van der Waals surface area contributed by atoms with Crippen LogP contribution in [0.1, 0.15) is 32.9 Å². The number of carbonyl (C=O) groups excluding carboxylic acids is 1. The average molecular weight is 507 g/mol. The fraction of sp³-hybridized carbons (Fsp3) is 0.240. The molecule has 0 fully saturated rings. The Labute approximate surface area is 208 Å². The molecule has 4 aromatic rings. The van der Waals surface area contributed by atoms with Crippen molar-refractivity contribution in [1.29, 1.82) is 0 Å². The number of aromatic nitrogens is 4. The zero-order valence-electron chi connectivity index (χ0n) is 19.5. The van der Waals surface area contributed by atoms with Crippen LogP contribution in [0.3, 0.4) is 0 Å². The number of benzene rings is 2. The standard InChI is InChI=1S/C25H23FN6O3S/c1-36(35)9-8-27-25-28-12-16-13-32(14-22(16)29-25)24(34)19-10-15(6-7-20(19)26)11-21-17-4-2-3-5-18(17)23(33)31-30-21/h2-7,10,12H,8-9,11,13-14H2,1H3,(H,31,33)(H,27,28,29). The highest BCUT2D eigenvalue weighted by Gasteiger charge is 2.28. The Kier molecular flexibility index (Phi) is 6.55. The molecule has 9 nitrogen and oxygen atoms in total. The highest BCUT2D eigenvalue weighted by Crippen LogP contribution is 2.25. The van der Waals surface area contributed by atoms with E-state index >= 15 is 0 Å². The predicted molar refractivity (Wildman–Crippen MR) is 135 cm³/mol. The van der Waals surface area contributed by atoms with E-state index in [1.807, 2.05) is 12.1 Å². The highest BCUT2D eigenvalue weighted by atomic mass is 32.2. The third-order valence-electron chi connectivity index (χ3n) is 6.02. The zero-order valence-corrected chi connectivity index (χ0v) is 20.3. The van der Waals surface area contributed by atoms with E-state index < -0.39 is 22.5 Å². The number of amides is 1. The molecule has 0 aliphatic carbocycles. The molecule has 184 valence electrons. The van der Waals surface area contributed by atoms with Gasteiger partial charge in [0, 0.05) is 59.5 Å². The molecule has 1 unspecified atom stereocenters. The number of nitrogens with one attached hydrogen (secondary N) is 2. The summed E-state index contributed by atoms with van der Waals surface area (Å²) in [5.74, 6) is -0.171. The van der Waals surface area contributed by atoms with E-state index in [4.69, 9.17) is 0 Å². The molecule has 0 bridgehead atoms. The molecule has 5 rings (SSSR count). The summed E-state index contributed by atoms with van der Waals surface area (Å²) in [5.41, 5.74) is 2.50. The average Bonchev–Trinajstić information content (AvgIpc) is 3.30. The van der Waals surface area contributed by atoms with Gasteiger partial charge in [-0.25, -0.2) is 19.5 Å². The molecule has 3 heterocycles. The van der Waals surface area contributed by atoms with E-state index in [0.29, 0.717) is 52.4 Å². The first kappa shape index (κ1) is 23.7. The van der Waals surface area contributed by atoms with Gasteiger partial charge in [0.25, 0.3) is 11.5 Å². The molecule has 11 heteroatoms. The van der Waals surface area contributed by atoms with E-state index in [1.54, 1.807) is 30.7 Å². The molecule has 36 heavy (non-hydrogen) atoms. The largest absolute Gasteiger partial charge is 0.353 e. The number of anilines is 1. The van der Waals surface area contributed by atoms with Crippen molar-refractivity contribution in [3.05, 3.63) is 92.9 Å². The number of aromatic amines is 1. The minimum atomic E-state index is -0.923. The molecule has 0 radical (unpaired) electrons. The second-order valence-corrected chi connectivity index (χ2v) is 10.1. The molecule has 0 saturated heterocycles. The second kappa shape index (κ2) is 9.94. The minimum Gasteiger partial charge on any atom is -0.353 e. The lowest BCUT2D eigenvalue weighted by molar-refractivity contribution is 0.0745. The quantitative estimate of drug-likeness (QED) is 0.395. The number of hydrogen-bond donors (Lipinski definition) is 2. The van der Waals surface area contributed by atoms with Crippen LogP contribution in [0.5, 0.6) is 0 Å². The SMILES string of the molecule is CS(=O)CCNc1ncc2c(n1)CN(C(=O)c1cc(Cc3n[nH]c(=O)c4ccccc34)ccc1F)C2. The van der Waals surface area contributed by atoms with E-state index in [0.717, 1.165) is 5.56 Å². The van der Waals surface area contributed by atoms with Gasteiger partial charge < -0.3 is 10.2 Å². The number of rotatable bonds is 7. The third-order valence-corrected chi connectivity index (χ3v) is 6.80. The van der Waals surface area contributed by atoms with Gasteiger partial charge in [0.2, 0.25) is 5.95 Å². The van der Waals surface area contributed by atoms with Crippen molar-refractivity contribution < 1.29 is 13.4 Å². The summed E-state index contributed by atoms with van der Waals surface area (Å²) in [5, 5.41) is 10.9. The van der Waals surface area contributed by atoms with Crippen molar-refractivity contribution in [3.63, 3.8) is 0 Å². The number of halogens is 1. The summed E-state index contributed by atoms with van der Waals surface area (Å²) in [6, 6.07) is 11.6. The number of nitrogens with zero attached hydrogens (tertiary/aromatic N) is 4. The van der Waals surface area contributed by atoms with Gasteiger partial charge in [0.1, 0.15) is 5.82 Å². The Balaban J connectivity index is 1.34. The summed E-state index contributed by atoms with van der Waals surface area (Å²) in [6.45, 7) is 0.992. The van der Waals surface area contributed by atoms with Crippen molar-refractivity contribution in [1.82, 2.24) is 25.1 Å². The predicted octanol–water partition coefficient (Wildman–Crippen LogP) is 2.39. The Morgan fingerprint density at radius 3 is 2.81 bits per heavy atom. The number of fused-ring (bicyclic) bond motifs is 2. The van der Waals surface area contributed by atoms with Gasteiger partial charge >= 0.3 is 0 Å². The van der Waals surface area contributed by atoms with Gasteiger partial charge in [0.05, 0.1) is 28.9 Å². The molecule has 1 atom stereocenters. The van der Waals surface area contributed by atoms with Crippen LogP contribution < -0.4 is 10.9 Å². The Morgan fingerprint density at radius 1 is 1.19 bits per heavy atom. The second-order valence-electron chi connectivity index (χ2n) is 8.57. The summed E-state index contributed by atoms with van der Waals surface area (Å²) >= 11 is 0. The van der Waals surface area contributed by atoms with E-state index in [2.05, 4.69) is 25.5 Å². The third kappa shape index (κ3) is 4.87. The normalized spacial score (nSPS) is 13.6. The van der Waals surface area contributed by atoms with Gasteiger partial charge in [-0.1, -0.05) is 24.3 Å². The highest BCUT2D eigenvalue weighted by molar-refractivity contribution is 7.84. The monoisotopic (exact) mass is 506 g/mol. The summed E-state index contributed by atoms with van der Waals surface area (Å²) < 4.78 is 26.0. The van der Waals surface area contributed by atoms with Gasteiger partial charge in [-0.05, 0) is 23.8 Å². The van der Waals surface area contributed by atoms with E-state index in [-0.39, 0.29) is 24.2 Å². The zero-order chi connectivity index (χ0) is 25.2. The molecule has 0 spiro atoms. The molecule has 2 aromatic heterocycles. The van der Waals surface area contributed by atoms with Crippen LogP contribution in [-0.2, 0) is 30.3 Å². The molecule has 0 saturated carbocycles. The summed E-state index contributed by atoms with van der Waals surface area (Å²) in [7, 11) is -0.923. The lowest BCUT2D eigenvalue weighted by Gasteiger charge is -2.16. The van der Waals surface area contributed by atoms with Crippen LogP contribution >= 0.6 is 0 Å². The van der Waals surface area contributed by atoms with Crippen LogP contribution in [0.25, 0.3) is 10.8 Å². The molecular formula is C25H23FN6O3S. The fourth-order valence-corrected chi connectivity index (χ4v) is 4.59. The molecule has 1 amide bonds. The first-order chi connectivity index (χ1) is 17.4. The fourth-order valence-electron chi connectivity index (χ4n) is 4.20. The van der Waals surface area contributed by atoms with Gasteiger partial charge in [-0.15, -0.1) is 0 Å². The van der Waals surface area contributed by atoms with Crippen molar-refractivity contribution in [3.8, 4) is 0 Å². The first-order valence-corrected chi connectivity index (χ1v) is 13.0. The summed E-state index contributed by atoms with van der Waals surface area (Å²) in [6.07, 6.45) is 3.60. The molecule has 1 aliphatic rings. The van der Waals surface area contributed by atoms with E-state index in [9.17, 15) is 18.2 Å². The number of hydrogen-bond acceptors (Lipinski definition) is 7. The van der Waals surface area contributed by atoms with Gasteiger partial charge in [-0.3, -0.25) is 13.8 Å². The van der Waals surface area contributed by atoms with Gasteiger partial charge in [-0.2, -0.15) is 5.10 Å². The molecular weight excluding hydrogens is 483 g/mol. The van der Waals surface area contributed by atoms with Crippen LogP contribution in [0.4, 0.5) is 10.3 Å². The topological polar surface area (TPSA) is 121 Å². The van der Waals surface area contributed by atoms with Crippen molar-refractivity contribution in [2.75, 3.05) is 23.9 Å². The van der Waals surface area contributed by atoms with Crippen LogP contribution in [0.15, 0.2) is 53.5 Å². The Hall–Kier alpha value is -3.99. The van der Waals surface area contributed by atoms with E-state index in [1.165, 1.54) is 17.0 Å². The lowest BCUT2D eigenvalue weighted by Crippen LogP contribution is -2.26.